The summed E-state index contributed by atoms with van der Waals surface area (Å²) in [4.78, 5) is 14.2. The molecule has 5 heteroatoms. The molecule has 0 aliphatic carbocycles. The minimum absolute atomic E-state index is 0.605. The molecule has 0 radical (unpaired) electrons. The average molecular weight is 610 g/mol. The van der Waals surface area contributed by atoms with Gasteiger partial charge in [-0.05, 0) is 35.2 Å². The SMILES string of the molecule is [C-]#[N+]c1ccc(-c2nc(-n3c4ccccc4c4cc5c6ccccc6n6c7c8ccccc8ccc7c(c43)c56)nc3ccccc23)cc1. The maximum absolute atomic E-state index is 7.46. The lowest BCUT2D eigenvalue weighted by Crippen LogP contribution is -2.03. The van der Waals surface area contributed by atoms with Crippen molar-refractivity contribution in [1.29, 1.82) is 0 Å². The molecule has 0 bridgehead atoms. The highest BCUT2D eigenvalue weighted by Gasteiger charge is 2.26. The van der Waals surface area contributed by atoms with Crippen molar-refractivity contribution in [2.45, 2.75) is 0 Å². The fourth-order valence-corrected chi connectivity index (χ4v) is 8.04. The molecule has 0 aliphatic rings. The molecule has 48 heavy (non-hydrogen) atoms. The van der Waals surface area contributed by atoms with Crippen molar-refractivity contribution in [2.75, 3.05) is 0 Å². The standard InChI is InChI=1S/C43H23N5/c1-44-27-21-18-26(19-22-27)39-31-14-4-7-15-35(31)45-43(46-39)48-37-17-9-6-13-30(37)34-24-33-29-12-5-8-16-36(29)47-40-28-11-3-2-10-25(28)20-23-32(40)38(41(33)47)42(34)48/h2-24H. The summed E-state index contributed by atoms with van der Waals surface area (Å²) >= 11 is 0. The van der Waals surface area contributed by atoms with Crippen LogP contribution in [-0.4, -0.2) is 18.9 Å². The third kappa shape index (κ3) is 3.18. The zero-order chi connectivity index (χ0) is 31.5. The van der Waals surface area contributed by atoms with Crippen LogP contribution in [-0.2, 0) is 0 Å². The van der Waals surface area contributed by atoms with Crippen LogP contribution in [0.2, 0.25) is 0 Å². The molecule has 0 spiro atoms. The van der Waals surface area contributed by atoms with Gasteiger partial charge in [0.1, 0.15) is 0 Å². The van der Waals surface area contributed by atoms with Crippen molar-refractivity contribution in [1.82, 2.24) is 18.9 Å². The topological polar surface area (TPSA) is 39.5 Å². The summed E-state index contributed by atoms with van der Waals surface area (Å²) in [6, 6.07) is 48.9. The van der Waals surface area contributed by atoms with Gasteiger partial charge in [0.15, 0.2) is 5.69 Å². The van der Waals surface area contributed by atoms with Gasteiger partial charge in [-0.3, -0.25) is 4.57 Å². The molecule has 4 heterocycles. The van der Waals surface area contributed by atoms with E-state index in [2.05, 4.69) is 117 Å². The maximum Gasteiger partial charge on any atom is 0.235 e. The van der Waals surface area contributed by atoms with Crippen molar-refractivity contribution in [3.05, 3.63) is 151 Å². The van der Waals surface area contributed by atoms with Crippen molar-refractivity contribution >= 4 is 87.3 Å². The van der Waals surface area contributed by atoms with E-state index < -0.39 is 0 Å². The Morgan fingerprint density at radius 2 is 1.17 bits per heavy atom. The summed E-state index contributed by atoms with van der Waals surface area (Å²) in [5, 5.41) is 10.7. The van der Waals surface area contributed by atoms with E-state index in [0.717, 1.165) is 38.6 Å². The molecular weight excluding hydrogens is 587 g/mol. The van der Waals surface area contributed by atoms with Gasteiger partial charge in [0.2, 0.25) is 5.95 Å². The minimum Gasteiger partial charge on any atom is -0.307 e. The summed E-state index contributed by atoms with van der Waals surface area (Å²) < 4.78 is 4.75. The van der Waals surface area contributed by atoms with E-state index in [9.17, 15) is 0 Å². The fourth-order valence-electron chi connectivity index (χ4n) is 8.04. The van der Waals surface area contributed by atoms with Crippen molar-refractivity contribution in [3.63, 3.8) is 0 Å². The summed E-state index contributed by atoms with van der Waals surface area (Å²) in [5.41, 5.74) is 9.08. The highest BCUT2D eigenvalue weighted by molar-refractivity contribution is 6.36. The molecule has 0 saturated carbocycles. The third-order valence-electron chi connectivity index (χ3n) is 10.0. The second kappa shape index (κ2) is 9.16. The largest absolute Gasteiger partial charge is 0.307 e. The summed E-state index contributed by atoms with van der Waals surface area (Å²) in [6.07, 6.45) is 0. The first-order valence-corrected chi connectivity index (χ1v) is 16.1. The van der Waals surface area contributed by atoms with E-state index in [1.54, 1.807) is 0 Å². The monoisotopic (exact) mass is 609 g/mol. The van der Waals surface area contributed by atoms with Gasteiger partial charge in [-0.15, -0.1) is 0 Å². The number of fused-ring (bicyclic) bond motifs is 13. The van der Waals surface area contributed by atoms with E-state index in [1.807, 2.05) is 36.4 Å². The Bertz CT molecular complexity index is 3170. The lowest BCUT2D eigenvalue weighted by atomic mass is 10.0. The first kappa shape index (κ1) is 25.4. The van der Waals surface area contributed by atoms with Crippen LogP contribution in [0, 0.1) is 6.57 Å². The van der Waals surface area contributed by atoms with Crippen molar-refractivity contribution in [3.8, 4) is 17.2 Å². The molecule has 5 nitrogen and oxygen atoms in total. The Hall–Kier alpha value is -6.77. The first-order valence-electron chi connectivity index (χ1n) is 16.1. The first-order chi connectivity index (χ1) is 23.8. The Kier molecular flexibility index (Phi) is 4.85. The number of hydrogen-bond donors (Lipinski definition) is 0. The third-order valence-corrected chi connectivity index (χ3v) is 10.0. The van der Waals surface area contributed by atoms with Crippen LogP contribution in [0.15, 0.2) is 140 Å². The van der Waals surface area contributed by atoms with Gasteiger partial charge in [0, 0.05) is 43.1 Å². The van der Waals surface area contributed by atoms with Crippen LogP contribution in [0.4, 0.5) is 5.69 Å². The van der Waals surface area contributed by atoms with Crippen LogP contribution in [0.1, 0.15) is 0 Å². The number of hydrogen-bond acceptors (Lipinski definition) is 2. The Balaban J connectivity index is 1.38. The highest BCUT2D eigenvalue weighted by atomic mass is 15.2. The Labute approximate surface area is 273 Å². The van der Waals surface area contributed by atoms with Crippen molar-refractivity contribution < 1.29 is 0 Å². The lowest BCUT2D eigenvalue weighted by molar-refractivity contribution is 1.02. The van der Waals surface area contributed by atoms with E-state index in [1.165, 1.54) is 54.3 Å². The van der Waals surface area contributed by atoms with Crippen LogP contribution in [0.5, 0.6) is 0 Å². The zero-order valence-corrected chi connectivity index (χ0v) is 25.5. The molecule has 0 saturated heterocycles. The molecule has 0 aliphatic heterocycles. The summed E-state index contributed by atoms with van der Waals surface area (Å²) in [6.45, 7) is 7.46. The van der Waals surface area contributed by atoms with E-state index in [0.29, 0.717) is 11.6 Å². The molecule has 0 fully saturated rings. The highest BCUT2D eigenvalue weighted by Crippen LogP contribution is 2.47. The van der Waals surface area contributed by atoms with Gasteiger partial charge in [0.25, 0.3) is 0 Å². The molecule has 220 valence electrons. The Morgan fingerprint density at radius 3 is 1.98 bits per heavy atom. The predicted octanol–water partition coefficient (Wildman–Crippen LogP) is 11.2. The molecule has 0 N–H and O–H groups in total. The smallest absolute Gasteiger partial charge is 0.235 e. The van der Waals surface area contributed by atoms with E-state index in [4.69, 9.17) is 16.5 Å². The molecule has 11 aromatic rings. The molecular formula is C43H23N5. The average Bonchev–Trinajstić information content (AvgIpc) is 3.79. The predicted molar refractivity (Wildman–Crippen MR) is 198 cm³/mol. The molecule has 0 atom stereocenters. The van der Waals surface area contributed by atoms with E-state index >= 15 is 0 Å². The van der Waals surface area contributed by atoms with Crippen LogP contribution >= 0.6 is 0 Å². The second-order valence-electron chi connectivity index (χ2n) is 12.5. The summed E-state index contributed by atoms with van der Waals surface area (Å²) in [5.74, 6) is 0.622. The van der Waals surface area contributed by atoms with Gasteiger partial charge >= 0.3 is 0 Å². The zero-order valence-electron chi connectivity index (χ0n) is 25.5. The normalized spacial score (nSPS) is 12.1. The molecule has 7 aromatic carbocycles. The van der Waals surface area contributed by atoms with Gasteiger partial charge < -0.3 is 4.40 Å². The number of benzene rings is 7. The maximum atomic E-state index is 7.46. The summed E-state index contributed by atoms with van der Waals surface area (Å²) in [7, 11) is 0. The fraction of sp³-hybridized carbons (Fsp3) is 0. The van der Waals surface area contributed by atoms with Gasteiger partial charge in [0.05, 0.1) is 45.4 Å². The van der Waals surface area contributed by atoms with Gasteiger partial charge in [-0.25, -0.2) is 14.8 Å². The number of nitrogens with zero attached hydrogens (tertiary/aromatic N) is 5. The van der Waals surface area contributed by atoms with Crippen LogP contribution < -0.4 is 0 Å². The van der Waals surface area contributed by atoms with E-state index in [-0.39, 0.29) is 0 Å². The molecule has 11 rings (SSSR count). The van der Waals surface area contributed by atoms with Gasteiger partial charge in [-0.1, -0.05) is 115 Å². The van der Waals surface area contributed by atoms with Crippen molar-refractivity contribution in [2.24, 2.45) is 0 Å². The lowest BCUT2D eigenvalue weighted by Gasteiger charge is -2.12. The Morgan fingerprint density at radius 1 is 0.500 bits per heavy atom. The minimum atomic E-state index is 0.605. The second-order valence-corrected chi connectivity index (χ2v) is 12.5. The molecule has 0 unspecified atom stereocenters. The van der Waals surface area contributed by atoms with Crippen LogP contribution in [0.3, 0.4) is 0 Å². The van der Waals surface area contributed by atoms with Gasteiger partial charge in [-0.2, -0.15) is 0 Å². The number of aromatic nitrogens is 4. The molecule has 0 amide bonds. The number of para-hydroxylation sites is 3. The molecule has 4 aromatic heterocycles. The number of rotatable bonds is 2. The quantitative estimate of drug-likeness (QED) is 0.183. The van der Waals surface area contributed by atoms with Crippen LogP contribution in [0.25, 0.3) is 104 Å².